The quantitative estimate of drug-likeness (QED) is 0.677. The van der Waals surface area contributed by atoms with Crippen LogP contribution < -0.4 is 11.1 Å². The van der Waals surface area contributed by atoms with E-state index in [9.17, 15) is 14.4 Å². The Morgan fingerprint density at radius 3 is 2.16 bits per heavy atom. The second kappa shape index (κ2) is 11.5. The molecular formula is C25H38N4O3. The minimum absolute atomic E-state index is 0.00194. The summed E-state index contributed by atoms with van der Waals surface area (Å²) in [5.74, 6) is 0.870. The highest BCUT2D eigenvalue weighted by atomic mass is 16.2. The van der Waals surface area contributed by atoms with Crippen LogP contribution in [0.2, 0.25) is 0 Å². The number of amides is 3. The van der Waals surface area contributed by atoms with Gasteiger partial charge in [-0.15, -0.1) is 0 Å². The Morgan fingerprint density at radius 1 is 0.969 bits per heavy atom. The molecule has 1 heterocycles. The van der Waals surface area contributed by atoms with Crippen molar-refractivity contribution in [1.29, 1.82) is 0 Å². The molecule has 1 atom stereocenters. The summed E-state index contributed by atoms with van der Waals surface area (Å²) in [7, 11) is 0. The number of piperazine rings is 1. The average molecular weight is 443 g/mol. The molecule has 32 heavy (non-hydrogen) atoms. The molecule has 3 rings (SSSR count). The molecule has 1 saturated heterocycles. The van der Waals surface area contributed by atoms with Gasteiger partial charge in [0.2, 0.25) is 17.7 Å². The van der Waals surface area contributed by atoms with E-state index in [1.165, 1.54) is 0 Å². The fourth-order valence-electron chi connectivity index (χ4n) is 4.73. The predicted molar refractivity (Wildman–Crippen MR) is 124 cm³/mol. The highest BCUT2D eigenvalue weighted by Gasteiger charge is 2.32. The second-order valence-electron chi connectivity index (χ2n) is 9.55. The van der Waals surface area contributed by atoms with Crippen LogP contribution in [0.4, 0.5) is 0 Å². The summed E-state index contributed by atoms with van der Waals surface area (Å²) in [5, 5.41) is 3.03. The minimum Gasteiger partial charge on any atom is -0.356 e. The molecule has 3 amide bonds. The number of carbonyl (C=O) groups excluding carboxylic acids is 3. The lowest BCUT2D eigenvalue weighted by molar-refractivity contribution is -0.144. The molecule has 176 valence electrons. The third-order valence-electron chi connectivity index (χ3n) is 6.81. The number of rotatable bonds is 7. The zero-order chi connectivity index (χ0) is 23.1. The zero-order valence-corrected chi connectivity index (χ0v) is 19.5. The second-order valence-corrected chi connectivity index (χ2v) is 9.55. The van der Waals surface area contributed by atoms with E-state index in [0.717, 1.165) is 31.2 Å². The zero-order valence-electron chi connectivity index (χ0n) is 19.5. The maximum absolute atomic E-state index is 12.9. The Hall–Kier alpha value is -2.41. The Morgan fingerprint density at radius 2 is 1.56 bits per heavy atom. The maximum Gasteiger partial charge on any atom is 0.225 e. The smallest absolute Gasteiger partial charge is 0.225 e. The van der Waals surface area contributed by atoms with Crippen LogP contribution in [0.25, 0.3) is 0 Å². The Kier molecular flexibility index (Phi) is 8.67. The fourth-order valence-corrected chi connectivity index (χ4v) is 4.73. The summed E-state index contributed by atoms with van der Waals surface area (Å²) in [5.41, 5.74) is 7.11. The van der Waals surface area contributed by atoms with Gasteiger partial charge in [0.25, 0.3) is 0 Å². The molecule has 1 aromatic carbocycles. The normalized spacial score (nSPS) is 22.5. The lowest BCUT2D eigenvalue weighted by Gasteiger charge is -2.38. The van der Waals surface area contributed by atoms with Crippen LogP contribution in [0.5, 0.6) is 0 Å². The summed E-state index contributed by atoms with van der Waals surface area (Å²) in [6, 6.07) is 9.39. The summed E-state index contributed by atoms with van der Waals surface area (Å²) in [6.45, 7) is 7.02. The molecule has 0 bridgehead atoms. The van der Waals surface area contributed by atoms with Gasteiger partial charge in [0.15, 0.2) is 0 Å². The van der Waals surface area contributed by atoms with Gasteiger partial charge >= 0.3 is 0 Å². The van der Waals surface area contributed by atoms with Crippen LogP contribution in [0.3, 0.4) is 0 Å². The molecule has 3 N–H and O–H groups in total. The molecule has 0 spiro atoms. The fraction of sp³-hybridized carbons (Fsp3) is 0.640. The first-order valence-electron chi connectivity index (χ1n) is 12.0. The first kappa shape index (κ1) is 24.2. The van der Waals surface area contributed by atoms with Crippen molar-refractivity contribution >= 4 is 17.7 Å². The Balaban J connectivity index is 1.35. The molecule has 1 aromatic rings. The van der Waals surface area contributed by atoms with Crippen molar-refractivity contribution in [2.75, 3.05) is 32.7 Å². The van der Waals surface area contributed by atoms with Crippen molar-refractivity contribution in [3.05, 3.63) is 35.9 Å². The van der Waals surface area contributed by atoms with Crippen LogP contribution in [-0.4, -0.2) is 60.2 Å². The molecule has 0 radical (unpaired) electrons. The molecule has 0 aromatic heterocycles. The summed E-state index contributed by atoms with van der Waals surface area (Å²) in [6.07, 6.45) is 3.92. The number of nitrogens with two attached hydrogens (primary N) is 1. The third-order valence-corrected chi connectivity index (χ3v) is 6.81. The summed E-state index contributed by atoms with van der Waals surface area (Å²) < 4.78 is 0. The lowest BCUT2D eigenvalue weighted by Crippen LogP contribution is -2.53. The van der Waals surface area contributed by atoms with Gasteiger partial charge in [0.05, 0.1) is 0 Å². The number of hydrogen-bond acceptors (Lipinski definition) is 4. The van der Waals surface area contributed by atoms with E-state index in [2.05, 4.69) is 5.32 Å². The van der Waals surface area contributed by atoms with Crippen LogP contribution in [0.1, 0.15) is 57.6 Å². The molecule has 1 aliphatic carbocycles. The van der Waals surface area contributed by atoms with E-state index in [1.807, 2.05) is 54.0 Å². The highest BCUT2D eigenvalue weighted by Crippen LogP contribution is 2.30. The molecule has 7 heteroatoms. The topological polar surface area (TPSA) is 95.7 Å². The molecule has 1 unspecified atom stereocenters. The van der Waals surface area contributed by atoms with Crippen molar-refractivity contribution in [2.24, 2.45) is 23.5 Å². The number of nitrogens with one attached hydrogen (secondary N) is 1. The van der Waals surface area contributed by atoms with E-state index >= 15 is 0 Å². The number of carbonyl (C=O) groups is 3. The average Bonchev–Trinajstić information content (AvgIpc) is 2.82. The van der Waals surface area contributed by atoms with Gasteiger partial charge in [0, 0.05) is 57.0 Å². The minimum atomic E-state index is -0.291. The van der Waals surface area contributed by atoms with Gasteiger partial charge in [0.1, 0.15) is 0 Å². The molecule has 2 fully saturated rings. The molecule has 2 aliphatic rings. The van der Waals surface area contributed by atoms with Crippen LogP contribution in [0.15, 0.2) is 30.3 Å². The van der Waals surface area contributed by atoms with Crippen molar-refractivity contribution < 1.29 is 14.4 Å². The predicted octanol–water partition coefficient (Wildman–Crippen LogP) is 2.33. The molecular weight excluding hydrogens is 404 g/mol. The van der Waals surface area contributed by atoms with Gasteiger partial charge < -0.3 is 20.9 Å². The van der Waals surface area contributed by atoms with Gasteiger partial charge in [-0.1, -0.05) is 44.2 Å². The molecule has 7 nitrogen and oxygen atoms in total. The van der Waals surface area contributed by atoms with E-state index in [1.54, 1.807) is 0 Å². The standard InChI is InChI=1S/C25H38N4O3/c1-18(2)24(31)28-12-14-29(15-13-28)25(32)21-10-8-19(9-11-21)17-27-23(30)16-22(26)20-6-4-3-5-7-20/h3-7,18-19,21-22H,8-17,26H2,1-2H3,(H,27,30). The van der Waals surface area contributed by atoms with Crippen molar-refractivity contribution in [3.63, 3.8) is 0 Å². The highest BCUT2D eigenvalue weighted by molar-refractivity contribution is 5.81. The van der Waals surface area contributed by atoms with Crippen LogP contribution in [-0.2, 0) is 14.4 Å². The van der Waals surface area contributed by atoms with Crippen molar-refractivity contribution in [1.82, 2.24) is 15.1 Å². The third kappa shape index (κ3) is 6.55. The van der Waals surface area contributed by atoms with Gasteiger partial charge in [-0.05, 0) is 37.2 Å². The van der Waals surface area contributed by atoms with Gasteiger partial charge in [-0.3, -0.25) is 14.4 Å². The SMILES string of the molecule is CC(C)C(=O)N1CCN(C(=O)C2CCC(CNC(=O)CC(N)c3ccccc3)CC2)CC1. The van der Waals surface area contributed by atoms with Gasteiger partial charge in [-0.25, -0.2) is 0 Å². The largest absolute Gasteiger partial charge is 0.356 e. The lowest BCUT2D eigenvalue weighted by atomic mass is 9.81. The van der Waals surface area contributed by atoms with E-state index in [0.29, 0.717) is 38.6 Å². The van der Waals surface area contributed by atoms with E-state index < -0.39 is 0 Å². The molecule has 1 aliphatic heterocycles. The van der Waals surface area contributed by atoms with E-state index in [-0.39, 0.29) is 42.0 Å². The first-order valence-corrected chi connectivity index (χ1v) is 12.0. The summed E-state index contributed by atoms with van der Waals surface area (Å²) >= 11 is 0. The first-order chi connectivity index (χ1) is 15.3. The van der Waals surface area contributed by atoms with Gasteiger partial charge in [-0.2, -0.15) is 0 Å². The number of nitrogens with zero attached hydrogens (tertiary/aromatic N) is 2. The monoisotopic (exact) mass is 442 g/mol. The Bertz CT molecular complexity index is 767. The number of hydrogen-bond donors (Lipinski definition) is 2. The van der Waals surface area contributed by atoms with Crippen LogP contribution in [0, 0.1) is 17.8 Å². The van der Waals surface area contributed by atoms with Crippen molar-refractivity contribution in [3.8, 4) is 0 Å². The van der Waals surface area contributed by atoms with Crippen LogP contribution >= 0.6 is 0 Å². The summed E-state index contributed by atoms with van der Waals surface area (Å²) in [4.78, 5) is 41.2. The molecule has 1 saturated carbocycles. The van der Waals surface area contributed by atoms with E-state index in [4.69, 9.17) is 5.73 Å². The van der Waals surface area contributed by atoms with Crippen molar-refractivity contribution in [2.45, 2.75) is 52.0 Å². The Labute approximate surface area is 191 Å². The maximum atomic E-state index is 12.9. The number of benzene rings is 1.